The van der Waals surface area contributed by atoms with Crippen LogP contribution in [0.25, 0.3) is 0 Å². The Labute approximate surface area is 149 Å². The van der Waals surface area contributed by atoms with Crippen LogP contribution >= 0.6 is 23.2 Å². The molecule has 1 atom stereocenters. The van der Waals surface area contributed by atoms with E-state index in [4.69, 9.17) is 32.5 Å². The van der Waals surface area contributed by atoms with Crippen molar-refractivity contribution in [3.8, 4) is 0 Å². The lowest BCUT2D eigenvalue weighted by atomic mass is 10.1. The Hall–Kier alpha value is -2.05. The highest BCUT2D eigenvalue weighted by atomic mass is 35.5. The second kappa shape index (κ2) is 7.68. The van der Waals surface area contributed by atoms with Gasteiger partial charge in [-0.15, -0.1) is 0 Å². The largest absolute Gasteiger partial charge is 0.452 e. The van der Waals surface area contributed by atoms with Crippen LogP contribution in [-0.2, 0) is 20.7 Å². The SMILES string of the molecule is Cc1noc(C)c1CC(=O)OC(C)C(=O)Nc1cccc(Cl)c1Cl. The molecule has 1 unspecified atom stereocenters. The fourth-order valence-electron chi connectivity index (χ4n) is 2.03. The smallest absolute Gasteiger partial charge is 0.311 e. The number of halogens is 2. The molecular formula is C16H16Cl2N2O4. The topological polar surface area (TPSA) is 81.4 Å². The number of aromatic nitrogens is 1. The zero-order valence-electron chi connectivity index (χ0n) is 13.4. The van der Waals surface area contributed by atoms with E-state index in [1.54, 1.807) is 32.0 Å². The van der Waals surface area contributed by atoms with Crippen molar-refractivity contribution >= 4 is 40.8 Å². The van der Waals surface area contributed by atoms with Gasteiger partial charge >= 0.3 is 5.97 Å². The van der Waals surface area contributed by atoms with E-state index in [0.717, 1.165) is 0 Å². The summed E-state index contributed by atoms with van der Waals surface area (Å²) in [6.07, 6.45) is -1.01. The number of amides is 1. The molecule has 1 N–H and O–H groups in total. The molecule has 0 aliphatic heterocycles. The number of nitrogens with zero attached hydrogens (tertiary/aromatic N) is 1. The molecule has 2 rings (SSSR count). The quantitative estimate of drug-likeness (QED) is 0.811. The van der Waals surface area contributed by atoms with Gasteiger partial charge in [-0.1, -0.05) is 34.4 Å². The minimum Gasteiger partial charge on any atom is -0.452 e. The molecule has 0 aliphatic carbocycles. The van der Waals surface area contributed by atoms with E-state index in [9.17, 15) is 9.59 Å². The molecule has 24 heavy (non-hydrogen) atoms. The standard InChI is InChI=1S/C16H16Cl2N2O4/c1-8-11(9(2)24-20-8)7-14(21)23-10(3)16(22)19-13-6-4-5-12(17)15(13)18/h4-6,10H,7H2,1-3H3,(H,19,22). The van der Waals surface area contributed by atoms with E-state index in [2.05, 4.69) is 10.5 Å². The van der Waals surface area contributed by atoms with Crippen LogP contribution in [0.4, 0.5) is 5.69 Å². The van der Waals surface area contributed by atoms with E-state index in [1.807, 2.05) is 0 Å². The first-order valence-corrected chi connectivity index (χ1v) is 7.91. The highest BCUT2D eigenvalue weighted by Crippen LogP contribution is 2.29. The van der Waals surface area contributed by atoms with Gasteiger partial charge in [-0.05, 0) is 32.9 Å². The normalized spacial score (nSPS) is 11.9. The fourth-order valence-corrected chi connectivity index (χ4v) is 2.37. The highest BCUT2D eigenvalue weighted by molar-refractivity contribution is 6.44. The maximum atomic E-state index is 12.1. The predicted octanol–water partition coefficient (Wildman–Crippen LogP) is 3.71. The van der Waals surface area contributed by atoms with E-state index in [0.29, 0.717) is 27.7 Å². The maximum Gasteiger partial charge on any atom is 0.311 e. The monoisotopic (exact) mass is 370 g/mol. The molecule has 0 bridgehead atoms. The Morgan fingerprint density at radius 3 is 2.67 bits per heavy atom. The second-order valence-corrected chi connectivity index (χ2v) is 5.99. The predicted molar refractivity (Wildman–Crippen MR) is 90.3 cm³/mol. The van der Waals surface area contributed by atoms with Gasteiger partial charge in [0.25, 0.3) is 5.91 Å². The summed E-state index contributed by atoms with van der Waals surface area (Å²) < 4.78 is 10.1. The van der Waals surface area contributed by atoms with E-state index < -0.39 is 18.0 Å². The van der Waals surface area contributed by atoms with Crippen LogP contribution in [0.2, 0.25) is 10.0 Å². The second-order valence-electron chi connectivity index (χ2n) is 5.20. The Bertz CT molecular complexity index is 754. The van der Waals surface area contributed by atoms with Gasteiger partial charge in [0.1, 0.15) is 5.76 Å². The zero-order chi connectivity index (χ0) is 17.9. The molecular weight excluding hydrogens is 355 g/mol. The average molecular weight is 371 g/mol. The van der Waals surface area contributed by atoms with Crippen LogP contribution in [0.15, 0.2) is 22.7 Å². The van der Waals surface area contributed by atoms with E-state index >= 15 is 0 Å². The number of benzene rings is 1. The Morgan fingerprint density at radius 2 is 2.04 bits per heavy atom. The molecule has 0 saturated carbocycles. The lowest BCUT2D eigenvalue weighted by Crippen LogP contribution is -2.30. The van der Waals surface area contributed by atoms with Gasteiger partial charge in [0.2, 0.25) is 0 Å². The van der Waals surface area contributed by atoms with Gasteiger partial charge in [-0.25, -0.2) is 0 Å². The number of hydrogen-bond acceptors (Lipinski definition) is 5. The molecule has 0 saturated heterocycles. The summed E-state index contributed by atoms with van der Waals surface area (Å²) in [6.45, 7) is 4.91. The number of rotatable bonds is 5. The summed E-state index contributed by atoms with van der Waals surface area (Å²) in [5.74, 6) is -0.511. The zero-order valence-corrected chi connectivity index (χ0v) is 14.9. The third kappa shape index (κ3) is 4.27. The number of hydrogen-bond donors (Lipinski definition) is 1. The first-order valence-electron chi connectivity index (χ1n) is 7.15. The molecule has 1 aromatic carbocycles. The van der Waals surface area contributed by atoms with Crippen LogP contribution in [0.1, 0.15) is 23.9 Å². The van der Waals surface area contributed by atoms with Crippen molar-refractivity contribution in [2.75, 3.05) is 5.32 Å². The molecule has 2 aromatic rings. The van der Waals surface area contributed by atoms with E-state index in [-0.39, 0.29) is 11.4 Å². The van der Waals surface area contributed by atoms with Gasteiger partial charge in [0, 0.05) is 5.56 Å². The summed E-state index contributed by atoms with van der Waals surface area (Å²) in [7, 11) is 0. The van der Waals surface area contributed by atoms with Crippen molar-refractivity contribution < 1.29 is 18.8 Å². The molecule has 6 nitrogen and oxygen atoms in total. The molecule has 0 aliphatic rings. The Balaban J connectivity index is 1.96. The molecule has 1 aromatic heterocycles. The fraction of sp³-hybridized carbons (Fsp3) is 0.312. The average Bonchev–Trinajstić information content (AvgIpc) is 2.83. The minimum absolute atomic E-state index is 0.0172. The number of carbonyl (C=O) groups is 2. The van der Waals surface area contributed by atoms with Crippen molar-refractivity contribution in [1.82, 2.24) is 5.16 Å². The van der Waals surface area contributed by atoms with Crippen molar-refractivity contribution in [3.63, 3.8) is 0 Å². The molecule has 0 fully saturated rings. The van der Waals surface area contributed by atoms with E-state index in [1.165, 1.54) is 6.92 Å². The lowest BCUT2D eigenvalue weighted by Gasteiger charge is -2.14. The molecule has 1 heterocycles. The van der Waals surface area contributed by atoms with Crippen LogP contribution in [0.3, 0.4) is 0 Å². The highest BCUT2D eigenvalue weighted by Gasteiger charge is 2.21. The third-order valence-corrected chi connectivity index (χ3v) is 4.21. The van der Waals surface area contributed by atoms with Gasteiger partial charge in [0.15, 0.2) is 6.10 Å². The summed E-state index contributed by atoms with van der Waals surface area (Å²) in [5.41, 5.74) is 1.63. The number of nitrogens with one attached hydrogen (secondary N) is 1. The third-order valence-electron chi connectivity index (χ3n) is 3.39. The van der Waals surface area contributed by atoms with Crippen molar-refractivity contribution in [1.29, 1.82) is 0 Å². The van der Waals surface area contributed by atoms with Crippen molar-refractivity contribution in [2.24, 2.45) is 0 Å². The van der Waals surface area contributed by atoms with Gasteiger partial charge in [-0.3, -0.25) is 9.59 Å². The van der Waals surface area contributed by atoms with Crippen molar-refractivity contribution in [3.05, 3.63) is 45.3 Å². The molecule has 1 amide bonds. The van der Waals surface area contributed by atoms with Gasteiger partial charge < -0.3 is 14.6 Å². The van der Waals surface area contributed by atoms with Crippen LogP contribution in [0, 0.1) is 13.8 Å². The number of aryl methyl sites for hydroxylation is 2. The lowest BCUT2D eigenvalue weighted by molar-refractivity contribution is -0.152. The maximum absolute atomic E-state index is 12.1. The molecule has 0 spiro atoms. The Morgan fingerprint density at radius 1 is 1.33 bits per heavy atom. The van der Waals surface area contributed by atoms with Crippen LogP contribution < -0.4 is 5.32 Å². The van der Waals surface area contributed by atoms with Crippen molar-refractivity contribution in [2.45, 2.75) is 33.3 Å². The summed E-state index contributed by atoms with van der Waals surface area (Å²) >= 11 is 11.9. The van der Waals surface area contributed by atoms with Crippen LogP contribution in [0.5, 0.6) is 0 Å². The summed E-state index contributed by atoms with van der Waals surface area (Å²) in [4.78, 5) is 24.1. The van der Waals surface area contributed by atoms with Crippen LogP contribution in [-0.4, -0.2) is 23.1 Å². The first-order chi connectivity index (χ1) is 11.3. The molecule has 0 radical (unpaired) electrons. The molecule has 128 valence electrons. The van der Waals surface area contributed by atoms with Gasteiger partial charge in [0.05, 0.1) is 27.8 Å². The first kappa shape index (κ1) is 18.3. The number of anilines is 1. The number of ether oxygens (including phenoxy) is 1. The minimum atomic E-state index is -0.993. The molecule has 8 heteroatoms. The number of esters is 1. The Kier molecular flexibility index (Phi) is 5.85. The van der Waals surface area contributed by atoms with Gasteiger partial charge in [-0.2, -0.15) is 0 Å². The summed E-state index contributed by atoms with van der Waals surface area (Å²) in [6, 6.07) is 4.86. The summed E-state index contributed by atoms with van der Waals surface area (Å²) in [5, 5.41) is 6.88. The number of carbonyl (C=O) groups excluding carboxylic acids is 2.